The second-order valence-electron chi connectivity index (χ2n) is 17.1. The minimum atomic E-state index is -1.26. The Kier molecular flexibility index (Phi) is 9.60. The molecule has 0 saturated carbocycles. The zero-order valence-electron chi connectivity index (χ0n) is 37.3. The topological polar surface area (TPSA) is 251 Å². The van der Waals surface area contributed by atoms with Crippen molar-refractivity contribution in [2.75, 3.05) is 0 Å². The largest absolute Gasteiger partial charge is 0.504 e. The van der Waals surface area contributed by atoms with Crippen molar-refractivity contribution in [2.24, 2.45) is 0 Å². The molecule has 0 aliphatic carbocycles. The lowest BCUT2D eigenvalue weighted by atomic mass is 9.96. The molecule has 0 bridgehead atoms. The number of benzene rings is 9. The van der Waals surface area contributed by atoms with Gasteiger partial charge in [-0.15, -0.1) is 0 Å². The van der Waals surface area contributed by atoms with Crippen molar-refractivity contribution in [1.82, 2.24) is 24.1 Å². The quantitative estimate of drug-likeness (QED) is 0.0528. The monoisotopic (exact) mass is 951 g/mol. The number of hydrogen-bond acceptors (Lipinski definition) is 13. The molecule has 3 aromatic heterocycles. The van der Waals surface area contributed by atoms with Crippen molar-refractivity contribution < 1.29 is 51.1 Å². The second-order valence-corrected chi connectivity index (χ2v) is 17.1. The number of fused-ring (bicyclic) bond motifs is 7. The van der Waals surface area contributed by atoms with Crippen LogP contribution in [0.2, 0.25) is 0 Å². The molecule has 0 fully saturated rings. The van der Waals surface area contributed by atoms with Gasteiger partial charge in [-0.2, -0.15) is 9.97 Å². The van der Waals surface area contributed by atoms with Crippen LogP contribution < -0.4 is 0 Å². The van der Waals surface area contributed by atoms with Crippen molar-refractivity contribution in [3.8, 4) is 125 Å². The fourth-order valence-corrected chi connectivity index (χ4v) is 9.71. The van der Waals surface area contributed by atoms with E-state index in [1.54, 1.807) is 16.7 Å². The first-order chi connectivity index (χ1) is 34.9. The predicted molar refractivity (Wildman–Crippen MR) is 272 cm³/mol. The highest BCUT2D eigenvalue weighted by molar-refractivity contribution is 6.24. The maximum Gasteiger partial charge on any atom is 0.238 e. The van der Waals surface area contributed by atoms with Crippen LogP contribution in [-0.2, 0) is 0 Å². The van der Waals surface area contributed by atoms with Gasteiger partial charge in [0.05, 0.1) is 27.8 Å². The minimum absolute atomic E-state index is 0.304. The minimum Gasteiger partial charge on any atom is -0.504 e. The molecule has 0 amide bonds. The number of para-hydroxylation sites is 3. The summed E-state index contributed by atoms with van der Waals surface area (Å²) in [6.07, 6.45) is 0. The Morgan fingerprint density at radius 2 is 0.694 bits per heavy atom. The lowest BCUT2D eigenvalue weighted by molar-refractivity contribution is 0.329. The molecular weight excluding hydrogens is 915 g/mol. The highest BCUT2D eigenvalue weighted by Crippen LogP contribution is 2.57. The van der Waals surface area contributed by atoms with Crippen LogP contribution in [0.15, 0.2) is 164 Å². The molecule has 72 heavy (non-hydrogen) atoms. The fraction of sp³-hybridized carbons (Fsp3) is 0. The molecule has 10 N–H and O–H groups in total. The van der Waals surface area contributed by atoms with E-state index in [1.807, 2.05) is 91.0 Å². The second kappa shape index (κ2) is 16.1. The Labute approximate surface area is 406 Å². The Hall–Kier alpha value is -10.4. The lowest BCUT2D eigenvalue weighted by Crippen LogP contribution is -2.08. The van der Waals surface area contributed by atoms with Gasteiger partial charge in [0, 0.05) is 27.1 Å². The number of phenols is 10. The standard InChI is InChI=1S/C57H37N5O10/c63-45-41(46(64)50(68)53(71)49(45)67)55-58-56(42-47(65)51(69)54(72)52(70)48(42)66)60-57(59-55)62-40-20-9-6-17-35(40)37-26-25-36-34-16-5-8-19-39(34)61(43(36)44(37)62)38-18-7-4-15-33(38)32-14-10-13-31(27-32)30-23-21-29(22-24-30)28-11-2-1-3-12-28/h1-27,63-72H. The number of phenolic OH excluding ortho intramolecular Hbond substituents is 10. The van der Waals surface area contributed by atoms with Gasteiger partial charge in [-0.1, -0.05) is 140 Å². The van der Waals surface area contributed by atoms with Gasteiger partial charge in [0.1, 0.15) is 11.1 Å². The van der Waals surface area contributed by atoms with Crippen LogP contribution >= 0.6 is 0 Å². The molecule has 350 valence electrons. The third-order valence-electron chi connectivity index (χ3n) is 13.1. The van der Waals surface area contributed by atoms with Crippen LogP contribution in [0.4, 0.5) is 0 Å². The van der Waals surface area contributed by atoms with Gasteiger partial charge in [0.15, 0.2) is 34.6 Å². The molecule has 3 heterocycles. The highest BCUT2D eigenvalue weighted by atomic mass is 16.4. The highest BCUT2D eigenvalue weighted by Gasteiger charge is 2.32. The van der Waals surface area contributed by atoms with Crippen LogP contribution in [-0.4, -0.2) is 75.2 Å². The summed E-state index contributed by atoms with van der Waals surface area (Å²) in [5.74, 6) is -13.9. The molecular formula is C57H37N5O10. The summed E-state index contributed by atoms with van der Waals surface area (Å²) >= 11 is 0. The normalized spacial score (nSPS) is 11.6. The summed E-state index contributed by atoms with van der Waals surface area (Å²) in [5.41, 5.74) is 7.79. The number of aromatic hydroxyl groups is 10. The average Bonchev–Trinajstić information content (AvgIpc) is 3.94. The lowest BCUT2D eigenvalue weighted by Gasteiger charge is -2.17. The molecule has 0 radical (unpaired) electrons. The van der Waals surface area contributed by atoms with E-state index < -0.39 is 80.3 Å². The Morgan fingerprint density at radius 3 is 1.25 bits per heavy atom. The van der Waals surface area contributed by atoms with E-state index >= 15 is 0 Å². The van der Waals surface area contributed by atoms with Gasteiger partial charge in [0.2, 0.25) is 40.4 Å². The SMILES string of the molecule is Oc1c(O)c(O)c(-c2nc(-c3c(O)c(O)c(O)c(O)c3O)nc(-n3c4ccccc4c4ccc5c6ccccc6n(-c6ccccc6-c6cccc(-c7ccc(-c8ccccc8)cc7)c6)c5c43)n2)c(O)c1O. The summed E-state index contributed by atoms with van der Waals surface area (Å²) in [7, 11) is 0. The van der Waals surface area contributed by atoms with Gasteiger partial charge in [-0.3, -0.25) is 4.57 Å². The van der Waals surface area contributed by atoms with Gasteiger partial charge in [-0.25, -0.2) is 4.98 Å². The zero-order valence-corrected chi connectivity index (χ0v) is 37.3. The van der Waals surface area contributed by atoms with E-state index in [1.165, 1.54) is 0 Å². The van der Waals surface area contributed by atoms with Crippen molar-refractivity contribution in [3.63, 3.8) is 0 Å². The van der Waals surface area contributed by atoms with Crippen LogP contribution in [0.25, 0.3) is 111 Å². The van der Waals surface area contributed by atoms with E-state index in [9.17, 15) is 51.1 Å². The molecule has 12 aromatic rings. The van der Waals surface area contributed by atoms with E-state index in [-0.39, 0.29) is 5.95 Å². The van der Waals surface area contributed by atoms with Crippen molar-refractivity contribution in [3.05, 3.63) is 164 Å². The van der Waals surface area contributed by atoms with Crippen LogP contribution in [0.1, 0.15) is 0 Å². The van der Waals surface area contributed by atoms with Crippen LogP contribution in [0.5, 0.6) is 57.5 Å². The third-order valence-corrected chi connectivity index (χ3v) is 13.1. The number of hydrogen-bond donors (Lipinski definition) is 10. The van der Waals surface area contributed by atoms with E-state index in [4.69, 9.17) is 0 Å². The molecule has 0 aliphatic rings. The first-order valence-electron chi connectivity index (χ1n) is 22.4. The molecule has 15 nitrogen and oxygen atoms in total. The first-order valence-corrected chi connectivity index (χ1v) is 22.4. The van der Waals surface area contributed by atoms with Crippen molar-refractivity contribution in [1.29, 1.82) is 0 Å². The molecule has 12 rings (SSSR count). The molecule has 9 aromatic carbocycles. The summed E-state index contributed by atoms with van der Waals surface area (Å²) in [5, 5.41) is 112. The Bertz CT molecular complexity index is 4080. The van der Waals surface area contributed by atoms with Crippen molar-refractivity contribution in [2.45, 2.75) is 0 Å². The summed E-state index contributed by atoms with van der Waals surface area (Å²) in [4.78, 5) is 13.6. The van der Waals surface area contributed by atoms with E-state index in [2.05, 4.69) is 80.2 Å². The number of nitrogens with zero attached hydrogens (tertiary/aromatic N) is 5. The maximum absolute atomic E-state index is 11.2. The molecule has 0 saturated heterocycles. The zero-order chi connectivity index (χ0) is 49.7. The molecule has 0 aliphatic heterocycles. The third kappa shape index (κ3) is 6.34. The average molecular weight is 952 g/mol. The van der Waals surface area contributed by atoms with Gasteiger partial charge >= 0.3 is 0 Å². The van der Waals surface area contributed by atoms with Gasteiger partial charge < -0.3 is 55.6 Å². The smallest absolute Gasteiger partial charge is 0.238 e. The number of aromatic nitrogens is 5. The molecule has 0 spiro atoms. The molecule has 0 unspecified atom stereocenters. The van der Waals surface area contributed by atoms with Crippen molar-refractivity contribution >= 4 is 43.6 Å². The molecule has 0 atom stereocenters. The van der Waals surface area contributed by atoms with Crippen LogP contribution in [0.3, 0.4) is 0 Å². The predicted octanol–water partition coefficient (Wildman–Crippen LogP) is 11.5. The number of rotatable bonds is 7. The Balaban J connectivity index is 1.16. The molecule has 15 heteroatoms. The van der Waals surface area contributed by atoms with Gasteiger partial charge in [0.25, 0.3) is 0 Å². The Morgan fingerprint density at radius 1 is 0.292 bits per heavy atom. The first kappa shape index (κ1) is 42.9. The van der Waals surface area contributed by atoms with E-state index in [0.717, 1.165) is 55.4 Å². The maximum atomic E-state index is 11.2. The van der Waals surface area contributed by atoms with E-state index in [0.29, 0.717) is 27.3 Å². The van der Waals surface area contributed by atoms with Crippen LogP contribution in [0, 0.1) is 0 Å². The summed E-state index contributed by atoms with van der Waals surface area (Å²) in [6.45, 7) is 0. The summed E-state index contributed by atoms with van der Waals surface area (Å²) < 4.78 is 3.80. The van der Waals surface area contributed by atoms with Gasteiger partial charge in [-0.05, 0) is 52.1 Å². The summed E-state index contributed by atoms with van der Waals surface area (Å²) in [6, 6.07) is 54.2. The fourth-order valence-electron chi connectivity index (χ4n) is 9.71.